The van der Waals surface area contributed by atoms with Crippen molar-refractivity contribution in [2.75, 3.05) is 0 Å². The summed E-state index contributed by atoms with van der Waals surface area (Å²) in [7, 11) is 0. The summed E-state index contributed by atoms with van der Waals surface area (Å²) in [6.45, 7) is 0. The van der Waals surface area contributed by atoms with E-state index in [0.717, 1.165) is 4.47 Å². The van der Waals surface area contributed by atoms with Crippen molar-refractivity contribution < 1.29 is 23.4 Å². The van der Waals surface area contributed by atoms with Crippen LogP contribution in [0.25, 0.3) is 0 Å². The molecule has 0 radical (unpaired) electrons. The quantitative estimate of drug-likeness (QED) is 0.820. The van der Waals surface area contributed by atoms with Crippen molar-refractivity contribution in [1.82, 2.24) is 0 Å². The Bertz CT molecular complexity index is 734. The van der Waals surface area contributed by atoms with Crippen molar-refractivity contribution in [1.29, 1.82) is 0 Å². The fourth-order valence-electron chi connectivity index (χ4n) is 1.79. The van der Waals surface area contributed by atoms with E-state index in [1.54, 1.807) is 12.1 Å². The number of phenols is 1. The van der Waals surface area contributed by atoms with Gasteiger partial charge < -0.3 is 14.6 Å². The van der Waals surface area contributed by atoms with E-state index in [4.69, 9.17) is 0 Å². The number of phenolic OH excluding ortho intramolecular Hbond substituents is 1. The lowest BCUT2D eigenvalue weighted by atomic mass is 10.2. The molecule has 1 heterocycles. The van der Waals surface area contributed by atoms with Crippen LogP contribution in [0.2, 0.25) is 0 Å². The number of halogens is 3. The molecule has 0 aliphatic carbocycles. The third-order valence-corrected chi connectivity index (χ3v) is 3.22. The van der Waals surface area contributed by atoms with Crippen molar-refractivity contribution in [3.63, 3.8) is 0 Å². The molecule has 0 unspecified atom stereocenters. The monoisotopic (exact) mass is 355 g/mol. The van der Waals surface area contributed by atoms with E-state index in [9.17, 15) is 13.9 Å². The highest BCUT2D eigenvalue weighted by molar-refractivity contribution is 9.10. The number of benzene rings is 2. The van der Waals surface area contributed by atoms with Gasteiger partial charge in [-0.2, -0.15) is 0 Å². The average Bonchev–Trinajstić information content (AvgIpc) is 2.72. The first-order chi connectivity index (χ1) is 9.93. The minimum absolute atomic E-state index is 0.0377. The van der Waals surface area contributed by atoms with Gasteiger partial charge in [0.1, 0.15) is 5.75 Å². The Morgan fingerprint density at radius 3 is 2.67 bits per heavy atom. The van der Waals surface area contributed by atoms with Gasteiger partial charge in [0.25, 0.3) is 0 Å². The number of hydrogen-bond acceptors (Lipinski definition) is 4. The highest BCUT2D eigenvalue weighted by Gasteiger charge is 2.43. The number of alkyl halides is 2. The summed E-state index contributed by atoms with van der Waals surface area (Å²) in [5.74, 6) is -0.0495. The van der Waals surface area contributed by atoms with Gasteiger partial charge in [-0.1, -0.05) is 15.9 Å². The van der Waals surface area contributed by atoms with Gasteiger partial charge in [-0.05, 0) is 30.3 Å². The van der Waals surface area contributed by atoms with Crippen LogP contribution in [0.15, 0.2) is 45.9 Å². The molecule has 4 nitrogen and oxygen atoms in total. The van der Waals surface area contributed by atoms with Crippen LogP contribution in [-0.2, 0) is 0 Å². The van der Waals surface area contributed by atoms with E-state index in [-0.39, 0.29) is 17.2 Å². The number of rotatable bonds is 2. The highest BCUT2D eigenvalue weighted by atomic mass is 79.9. The second-order valence-corrected chi connectivity index (χ2v) is 5.18. The summed E-state index contributed by atoms with van der Waals surface area (Å²) in [6, 6.07) is 9.08. The fourth-order valence-corrected chi connectivity index (χ4v) is 2.17. The Morgan fingerprint density at radius 2 is 1.86 bits per heavy atom. The smallest absolute Gasteiger partial charge is 0.507 e. The van der Waals surface area contributed by atoms with Crippen LogP contribution in [0.4, 0.5) is 14.5 Å². The van der Waals surface area contributed by atoms with Crippen LogP contribution in [0, 0.1) is 0 Å². The Kier molecular flexibility index (Phi) is 3.29. The lowest BCUT2D eigenvalue weighted by Gasteiger charge is -2.04. The number of fused-ring (bicyclic) bond motifs is 1. The van der Waals surface area contributed by atoms with Gasteiger partial charge in [0.2, 0.25) is 0 Å². The number of hydrogen-bond donors (Lipinski definition) is 1. The molecular weight excluding hydrogens is 348 g/mol. The molecule has 0 spiro atoms. The molecule has 0 fully saturated rings. The molecule has 1 aliphatic heterocycles. The van der Waals surface area contributed by atoms with E-state index in [1.807, 2.05) is 0 Å². The molecule has 21 heavy (non-hydrogen) atoms. The Balaban J connectivity index is 1.87. The summed E-state index contributed by atoms with van der Waals surface area (Å²) in [5.41, 5.74) is 0.891. The number of aliphatic imine (C=N–C) groups is 1. The lowest BCUT2D eigenvalue weighted by Crippen LogP contribution is -2.25. The maximum Gasteiger partial charge on any atom is 0.586 e. The predicted molar refractivity (Wildman–Crippen MR) is 75.7 cm³/mol. The van der Waals surface area contributed by atoms with Crippen molar-refractivity contribution >= 4 is 27.8 Å². The second-order valence-electron chi connectivity index (χ2n) is 4.26. The van der Waals surface area contributed by atoms with Gasteiger partial charge >= 0.3 is 6.29 Å². The first-order valence-electron chi connectivity index (χ1n) is 5.85. The molecule has 0 saturated carbocycles. The topological polar surface area (TPSA) is 51.1 Å². The maximum absolute atomic E-state index is 12.9. The first-order valence-corrected chi connectivity index (χ1v) is 6.65. The second kappa shape index (κ2) is 5.00. The van der Waals surface area contributed by atoms with Crippen LogP contribution in [-0.4, -0.2) is 17.6 Å². The minimum atomic E-state index is -3.65. The van der Waals surface area contributed by atoms with Crippen molar-refractivity contribution in [3.05, 3.63) is 46.4 Å². The largest absolute Gasteiger partial charge is 0.586 e. The minimum Gasteiger partial charge on any atom is -0.507 e. The van der Waals surface area contributed by atoms with Gasteiger partial charge in [-0.25, -0.2) is 0 Å². The van der Waals surface area contributed by atoms with Crippen molar-refractivity contribution in [3.8, 4) is 17.2 Å². The van der Waals surface area contributed by atoms with Gasteiger partial charge in [-0.3, -0.25) is 4.99 Å². The SMILES string of the molecule is Oc1ccc(Br)cc1C=Nc1ccc2c(c1)OC(F)(F)O2. The number of ether oxygens (including phenoxy) is 2. The molecular formula is C14H8BrF2NO3. The molecule has 0 aromatic heterocycles. The Labute approximate surface area is 126 Å². The third-order valence-electron chi connectivity index (χ3n) is 2.73. The standard InChI is InChI=1S/C14H8BrF2NO3/c15-9-1-3-11(19)8(5-9)7-18-10-2-4-12-13(6-10)21-14(16,17)20-12/h1-7,19H. The van der Waals surface area contributed by atoms with Gasteiger partial charge in [-0.15, -0.1) is 8.78 Å². The number of nitrogens with zero attached hydrogens (tertiary/aromatic N) is 1. The molecule has 3 rings (SSSR count). The molecule has 2 aromatic rings. The molecule has 0 amide bonds. The molecule has 1 N–H and O–H groups in total. The Hall–Kier alpha value is -2.15. The van der Waals surface area contributed by atoms with E-state index in [2.05, 4.69) is 30.4 Å². The van der Waals surface area contributed by atoms with Gasteiger partial charge in [0.05, 0.1) is 5.69 Å². The van der Waals surface area contributed by atoms with Gasteiger partial charge in [0, 0.05) is 22.3 Å². The summed E-state index contributed by atoms with van der Waals surface area (Å²) in [6.07, 6.45) is -2.22. The lowest BCUT2D eigenvalue weighted by molar-refractivity contribution is -0.286. The summed E-state index contributed by atoms with van der Waals surface area (Å²) in [4.78, 5) is 4.12. The van der Waals surface area contributed by atoms with Crippen LogP contribution in [0.3, 0.4) is 0 Å². The van der Waals surface area contributed by atoms with Crippen LogP contribution in [0.1, 0.15) is 5.56 Å². The van der Waals surface area contributed by atoms with Crippen molar-refractivity contribution in [2.24, 2.45) is 4.99 Å². The molecule has 0 bridgehead atoms. The van der Waals surface area contributed by atoms with E-state index in [0.29, 0.717) is 11.3 Å². The molecule has 2 aromatic carbocycles. The normalized spacial score (nSPS) is 15.6. The fraction of sp³-hybridized carbons (Fsp3) is 0.0714. The summed E-state index contributed by atoms with van der Waals surface area (Å²) >= 11 is 3.28. The zero-order chi connectivity index (χ0) is 15.0. The van der Waals surface area contributed by atoms with E-state index < -0.39 is 6.29 Å². The zero-order valence-electron chi connectivity index (χ0n) is 10.4. The van der Waals surface area contributed by atoms with Crippen LogP contribution in [0.5, 0.6) is 17.2 Å². The first kappa shape index (κ1) is 13.8. The predicted octanol–water partition coefficient (Wildman–Crippen LogP) is 4.23. The maximum atomic E-state index is 12.9. The Morgan fingerprint density at radius 1 is 1.10 bits per heavy atom. The zero-order valence-corrected chi connectivity index (χ0v) is 12.0. The molecule has 0 saturated heterocycles. The van der Waals surface area contributed by atoms with Crippen LogP contribution < -0.4 is 9.47 Å². The highest BCUT2D eigenvalue weighted by Crippen LogP contribution is 2.42. The van der Waals surface area contributed by atoms with Crippen molar-refractivity contribution in [2.45, 2.75) is 6.29 Å². The third kappa shape index (κ3) is 2.97. The van der Waals surface area contributed by atoms with Gasteiger partial charge in [0.15, 0.2) is 11.5 Å². The summed E-state index contributed by atoms with van der Waals surface area (Å²) in [5, 5.41) is 9.68. The molecule has 0 atom stereocenters. The average molecular weight is 356 g/mol. The summed E-state index contributed by atoms with van der Waals surface area (Å²) < 4.78 is 35.2. The van der Waals surface area contributed by atoms with Crippen LogP contribution >= 0.6 is 15.9 Å². The van der Waals surface area contributed by atoms with E-state index in [1.165, 1.54) is 30.5 Å². The van der Waals surface area contributed by atoms with E-state index >= 15 is 0 Å². The number of aromatic hydroxyl groups is 1. The molecule has 1 aliphatic rings. The molecule has 108 valence electrons. The molecule has 7 heteroatoms.